The molecule has 0 saturated heterocycles. The van der Waals surface area contributed by atoms with E-state index in [0.29, 0.717) is 0 Å². The van der Waals surface area contributed by atoms with Gasteiger partial charge in [0.25, 0.3) is 11.4 Å². The zero-order valence-corrected chi connectivity index (χ0v) is 14.4. The van der Waals surface area contributed by atoms with Gasteiger partial charge in [0.1, 0.15) is 0 Å². The summed E-state index contributed by atoms with van der Waals surface area (Å²) in [6.07, 6.45) is 0. The van der Waals surface area contributed by atoms with Crippen LogP contribution >= 0.6 is 0 Å². The molecule has 0 spiro atoms. The minimum Gasteiger partial charge on any atom is -0.726 e. The normalized spacial score (nSPS) is 11.8. The molecule has 0 radical (unpaired) electrons. The van der Waals surface area contributed by atoms with Crippen LogP contribution in [0.1, 0.15) is 0 Å². The quantitative estimate of drug-likeness (QED) is 0.159. The zero-order chi connectivity index (χ0) is 18.1. The lowest BCUT2D eigenvalue weighted by atomic mass is 10.1. The van der Waals surface area contributed by atoms with Crippen molar-refractivity contribution in [2.45, 2.75) is 0 Å². The highest BCUT2D eigenvalue weighted by atomic mass is 127. The van der Waals surface area contributed by atoms with E-state index in [-0.39, 0.29) is 11.4 Å². The summed E-state index contributed by atoms with van der Waals surface area (Å²) in [5.74, 6) is 0. The Kier molecular flexibility index (Phi) is 5.12. The topological polar surface area (TPSA) is 164 Å². The average Bonchev–Trinajstić information content (AvgIpc) is 2.81. The Hall–Kier alpha value is -2.16. The van der Waals surface area contributed by atoms with E-state index >= 15 is 0 Å². The molecule has 1 aliphatic heterocycles. The summed E-state index contributed by atoms with van der Waals surface area (Å²) >= 11 is -0.591. The Balaban J connectivity index is 0.000000368. The predicted octanol–water partition coefficient (Wildman–Crippen LogP) is -1.38. The first-order valence-corrected chi connectivity index (χ1v) is 9.49. The maximum atomic E-state index is 10.7. The molecule has 1 N–H and O–H groups in total. The molecule has 1 heterocycles. The smallest absolute Gasteiger partial charge is 0.359 e. The van der Waals surface area contributed by atoms with Gasteiger partial charge in [-0.3, -0.25) is 24.8 Å². The summed E-state index contributed by atoms with van der Waals surface area (Å²) in [4.78, 5) is 20.6. The van der Waals surface area contributed by atoms with E-state index in [0.717, 1.165) is 18.3 Å². The maximum Gasteiger partial charge on any atom is 0.359 e. The standard InChI is InChI=1S/C12H6IN2O4.H2O4S/c16-14(17)7-1-3-9-10-4-2-8(15(18)19)6-12(10)13-11(9)5-7;1-5(2,3)4/h1-6H;(H2,1,2,3,4)/q+1;/p-1. The van der Waals surface area contributed by atoms with Crippen LogP contribution in [0.3, 0.4) is 0 Å². The number of hydrogen-bond donors (Lipinski definition) is 1. The van der Waals surface area contributed by atoms with Crippen molar-refractivity contribution in [2.75, 3.05) is 0 Å². The van der Waals surface area contributed by atoms with Crippen LogP contribution in [0.15, 0.2) is 36.4 Å². The minimum atomic E-state index is -4.92. The number of halogens is 1. The zero-order valence-electron chi connectivity index (χ0n) is 11.4. The number of nitro groups is 2. The third kappa shape index (κ3) is 4.44. The van der Waals surface area contributed by atoms with Crippen molar-refractivity contribution < 1.29 is 48.6 Å². The lowest BCUT2D eigenvalue weighted by Crippen LogP contribution is -3.61. The largest absolute Gasteiger partial charge is 0.726 e. The van der Waals surface area contributed by atoms with Gasteiger partial charge in [0.05, 0.1) is 22.0 Å². The Bertz CT molecular complexity index is 875. The fourth-order valence-electron chi connectivity index (χ4n) is 1.94. The second-order valence-electron chi connectivity index (χ2n) is 4.36. The molecule has 1 aliphatic rings. The van der Waals surface area contributed by atoms with Crippen LogP contribution in [0.25, 0.3) is 11.1 Å². The van der Waals surface area contributed by atoms with E-state index in [1.807, 2.05) is 0 Å². The van der Waals surface area contributed by atoms with Crippen LogP contribution in [0, 0.1) is 27.4 Å². The van der Waals surface area contributed by atoms with Crippen molar-refractivity contribution >= 4 is 21.8 Å². The number of rotatable bonds is 2. The molecular weight excluding hydrogens is 459 g/mol. The van der Waals surface area contributed by atoms with Gasteiger partial charge in [-0.25, -0.2) is 8.42 Å². The number of benzene rings is 2. The molecule has 2 aromatic carbocycles. The van der Waals surface area contributed by atoms with Crippen LogP contribution in [0.2, 0.25) is 0 Å². The Morgan fingerprint density at radius 1 is 0.875 bits per heavy atom. The number of nitrogens with zero attached hydrogens (tertiary/aromatic N) is 2. The van der Waals surface area contributed by atoms with Gasteiger partial charge in [-0.05, 0) is 12.1 Å². The third-order valence-electron chi connectivity index (χ3n) is 2.82. The van der Waals surface area contributed by atoms with Crippen molar-refractivity contribution in [1.82, 2.24) is 0 Å². The maximum absolute atomic E-state index is 10.7. The van der Waals surface area contributed by atoms with E-state index in [1.165, 1.54) is 12.1 Å². The van der Waals surface area contributed by atoms with Crippen molar-refractivity contribution in [3.63, 3.8) is 0 Å². The van der Waals surface area contributed by atoms with Crippen LogP contribution in [-0.2, 0) is 10.4 Å². The van der Waals surface area contributed by atoms with Gasteiger partial charge in [0.2, 0.25) is 17.5 Å². The van der Waals surface area contributed by atoms with Gasteiger partial charge in [-0.1, -0.05) is 0 Å². The fourth-order valence-corrected chi connectivity index (χ4v) is 5.04. The number of fused-ring (bicyclic) bond motifs is 3. The molecule has 0 unspecified atom stereocenters. The first-order chi connectivity index (χ1) is 11.1. The van der Waals surface area contributed by atoms with Gasteiger partial charge in [-0.2, -0.15) is 0 Å². The first-order valence-electron chi connectivity index (χ1n) is 5.96. The highest BCUT2D eigenvalue weighted by molar-refractivity contribution is 7.79. The van der Waals surface area contributed by atoms with Crippen LogP contribution in [-0.4, -0.2) is 27.4 Å². The first kappa shape index (κ1) is 18.2. The summed E-state index contributed by atoms with van der Waals surface area (Å²) in [6, 6.07) is 9.55. The van der Waals surface area contributed by atoms with Gasteiger partial charge >= 0.3 is 21.2 Å². The number of hydrogen-bond acceptors (Lipinski definition) is 7. The van der Waals surface area contributed by atoms with Crippen molar-refractivity contribution in [3.05, 3.63) is 63.8 Å². The van der Waals surface area contributed by atoms with E-state index in [1.54, 1.807) is 24.3 Å². The molecule has 24 heavy (non-hydrogen) atoms. The monoisotopic (exact) mass is 466 g/mol. The highest BCUT2D eigenvalue weighted by Crippen LogP contribution is 2.27. The number of non-ortho nitro benzene ring substituents is 2. The van der Waals surface area contributed by atoms with Gasteiger partial charge in [0, 0.05) is 23.3 Å². The lowest BCUT2D eigenvalue weighted by molar-refractivity contribution is -0.590. The Labute approximate surface area is 145 Å². The molecule has 126 valence electrons. The van der Waals surface area contributed by atoms with Crippen molar-refractivity contribution in [1.29, 1.82) is 0 Å². The summed E-state index contributed by atoms with van der Waals surface area (Å²) in [7, 11) is -4.92. The molecule has 0 amide bonds. The molecule has 0 atom stereocenters. The van der Waals surface area contributed by atoms with E-state index < -0.39 is 41.5 Å². The minimum absolute atomic E-state index is 0.0701. The predicted molar refractivity (Wildman–Crippen MR) is 74.9 cm³/mol. The van der Waals surface area contributed by atoms with Crippen LogP contribution in [0.4, 0.5) is 11.4 Å². The molecule has 12 heteroatoms. The second kappa shape index (κ2) is 6.76. The van der Waals surface area contributed by atoms with Gasteiger partial charge in [-0.15, -0.1) is 0 Å². The molecule has 0 aliphatic carbocycles. The fraction of sp³-hybridized carbons (Fsp3) is 0. The average molecular weight is 466 g/mol. The molecule has 10 nitrogen and oxygen atoms in total. The van der Waals surface area contributed by atoms with E-state index in [4.69, 9.17) is 17.5 Å². The van der Waals surface area contributed by atoms with Crippen molar-refractivity contribution in [2.24, 2.45) is 0 Å². The summed E-state index contributed by atoms with van der Waals surface area (Å²) < 4.78 is 34.7. The third-order valence-corrected chi connectivity index (χ3v) is 5.77. The van der Waals surface area contributed by atoms with Gasteiger partial charge in [0.15, 0.2) is 0 Å². The van der Waals surface area contributed by atoms with E-state index in [9.17, 15) is 20.2 Å². The molecular formula is C12H7IN2O8S. The Morgan fingerprint density at radius 2 is 1.21 bits per heavy atom. The molecule has 0 aromatic heterocycles. The summed E-state index contributed by atoms with van der Waals surface area (Å²) in [5.41, 5.74) is 2.06. The molecule has 3 rings (SSSR count). The molecule has 0 fully saturated rings. The van der Waals surface area contributed by atoms with Crippen LogP contribution in [0.5, 0.6) is 0 Å². The van der Waals surface area contributed by atoms with Gasteiger partial charge < -0.3 is 4.55 Å². The summed E-state index contributed by atoms with van der Waals surface area (Å²) in [6.45, 7) is 0. The van der Waals surface area contributed by atoms with Crippen molar-refractivity contribution in [3.8, 4) is 11.1 Å². The second-order valence-corrected chi connectivity index (χ2v) is 8.08. The summed E-state index contributed by atoms with van der Waals surface area (Å²) in [5, 5.41) is 21.5. The highest BCUT2D eigenvalue weighted by Gasteiger charge is 2.36. The lowest BCUT2D eigenvalue weighted by Gasteiger charge is -1.95. The molecule has 2 aromatic rings. The molecule has 0 bridgehead atoms. The van der Waals surface area contributed by atoms with Crippen LogP contribution < -0.4 is 21.2 Å². The molecule has 0 saturated carbocycles. The van der Waals surface area contributed by atoms with E-state index in [2.05, 4.69) is 0 Å². The number of nitro benzene ring substituents is 2. The Morgan fingerprint density at radius 3 is 1.50 bits per heavy atom. The SMILES string of the molecule is O=S(=O)([O-])O.O=[N+]([O-])c1ccc2c(c1)[I+]c1cc([N+](=O)[O-])ccc1-2.